The minimum absolute atomic E-state index is 0.0959. The Morgan fingerprint density at radius 2 is 2.13 bits per heavy atom. The Morgan fingerprint density at radius 1 is 1.23 bits per heavy atom. The third-order valence-electron chi connectivity index (χ3n) is 5.23. The molecule has 1 N–H and O–H groups in total. The minimum Gasteiger partial charge on any atom is -0.361 e. The summed E-state index contributed by atoms with van der Waals surface area (Å²) in [5, 5.41) is 9.82. The van der Waals surface area contributed by atoms with Gasteiger partial charge >= 0.3 is 0 Å². The van der Waals surface area contributed by atoms with Crippen molar-refractivity contribution in [1.29, 1.82) is 0 Å². The van der Waals surface area contributed by atoms with Crippen molar-refractivity contribution in [2.24, 2.45) is 0 Å². The van der Waals surface area contributed by atoms with Gasteiger partial charge in [0.1, 0.15) is 0 Å². The molecule has 0 spiro atoms. The molecular weight excluding hydrogens is 380 g/mol. The van der Waals surface area contributed by atoms with Crippen molar-refractivity contribution in [3.05, 3.63) is 72.2 Å². The molecule has 0 saturated carbocycles. The van der Waals surface area contributed by atoms with E-state index in [1.165, 1.54) is 4.52 Å². The summed E-state index contributed by atoms with van der Waals surface area (Å²) in [5.74, 6) is 0.180. The minimum atomic E-state index is -0.299. The van der Waals surface area contributed by atoms with E-state index in [1.807, 2.05) is 49.0 Å². The van der Waals surface area contributed by atoms with Crippen LogP contribution in [-0.4, -0.2) is 40.3 Å². The summed E-state index contributed by atoms with van der Waals surface area (Å²) >= 11 is 0. The normalized spacial score (nSPS) is 11.4. The van der Waals surface area contributed by atoms with E-state index in [-0.39, 0.29) is 11.7 Å². The van der Waals surface area contributed by atoms with Crippen LogP contribution in [0.5, 0.6) is 0 Å². The van der Waals surface area contributed by atoms with Crippen LogP contribution in [0.4, 0.5) is 5.69 Å². The molecule has 0 bridgehead atoms. The van der Waals surface area contributed by atoms with E-state index in [0.29, 0.717) is 12.3 Å². The fourth-order valence-electron chi connectivity index (χ4n) is 3.69. The van der Waals surface area contributed by atoms with Crippen molar-refractivity contribution in [1.82, 2.24) is 34.3 Å². The number of amides is 1. The summed E-state index contributed by atoms with van der Waals surface area (Å²) < 4.78 is 3.37. The molecular formula is C21H20N8O. The van der Waals surface area contributed by atoms with E-state index in [9.17, 15) is 4.79 Å². The molecule has 0 aliphatic rings. The molecule has 1 amide bonds. The van der Waals surface area contributed by atoms with Gasteiger partial charge in [0.15, 0.2) is 0 Å². The first kappa shape index (κ1) is 18.0. The van der Waals surface area contributed by atoms with Crippen molar-refractivity contribution in [3.63, 3.8) is 0 Å². The Kier molecular flexibility index (Phi) is 4.27. The maximum atomic E-state index is 13.6. The lowest BCUT2D eigenvalue weighted by molar-refractivity contribution is 0.0975. The topological polar surface area (TPSA) is 97.0 Å². The molecule has 0 fully saturated rings. The highest BCUT2D eigenvalue weighted by Gasteiger charge is 2.26. The molecule has 9 nitrogen and oxygen atoms in total. The zero-order valence-corrected chi connectivity index (χ0v) is 16.6. The molecule has 0 saturated heterocycles. The number of hydrogen-bond donors (Lipinski definition) is 1. The van der Waals surface area contributed by atoms with Crippen LogP contribution in [0.15, 0.2) is 55.1 Å². The van der Waals surface area contributed by atoms with Crippen molar-refractivity contribution >= 4 is 28.3 Å². The maximum absolute atomic E-state index is 13.6. The lowest BCUT2D eigenvalue weighted by Gasteiger charge is -2.21. The molecule has 5 aromatic rings. The number of benzene rings is 1. The smallest absolute Gasteiger partial charge is 0.298 e. The van der Waals surface area contributed by atoms with E-state index in [0.717, 1.165) is 34.4 Å². The summed E-state index contributed by atoms with van der Waals surface area (Å²) in [5.41, 5.74) is 3.69. The third-order valence-corrected chi connectivity index (χ3v) is 5.23. The average Bonchev–Trinajstić information content (AvgIpc) is 3.49. The van der Waals surface area contributed by atoms with Crippen LogP contribution < -0.4 is 4.90 Å². The van der Waals surface area contributed by atoms with Gasteiger partial charge in [0.25, 0.3) is 11.7 Å². The molecule has 4 aromatic heterocycles. The van der Waals surface area contributed by atoms with Gasteiger partial charge in [-0.3, -0.25) is 14.4 Å². The zero-order chi connectivity index (χ0) is 20.7. The largest absolute Gasteiger partial charge is 0.361 e. The number of rotatable bonds is 5. The second kappa shape index (κ2) is 7.11. The van der Waals surface area contributed by atoms with E-state index in [2.05, 4.69) is 25.1 Å². The molecule has 0 aliphatic heterocycles. The van der Waals surface area contributed by atoms with Gasteiger partial charge in [-0.1, -0.05) is 12.1 Å². The number of H-pyrrole nitrogens is 1. The van der Waals surface area contributed by atoms with Gasteiger partial charge in [0.05, 0.1) is 24.1 Å². The molecule has 0 unspecified atom stereocenters. The Bertz CT molecular complexity index is 1330. The Balaban J connectivity index is 1.61. The summed E-state index contributed by atoms with van der Waals surface area (Å²) in [6, 6.07) is 9.78. The Hall–Kier alpha value is -4.01. The molecule has 5 rings (SSSR count). The first-order valence-corrected chi connectivity index (χ1v) is 9.72. The second-order valence-corrected chi connectivity index (χ2v) is 6.98. The van der Waals surface area contributed by atoms with Crippen LogP contribution >= 0.6 is 0 Å². The van der Waals surface area contributed by atoms with E-state index in [1.54, 1.807) is 29.6 Å². The SMILES string of the molecule is CCn1ncc(N(Cc2cccc3[nH]ccc23)C(=O)c2nc3ncccn3n2)c1C. The van der Waals surface area contributed by atoms with E-state index in [4.69, 9.17) is 0 Å². The number of hydrogen-bond acceptors (Lipinski definition) is 5. The van der Waals surface area contributed by atoms with Crippen LogP contribution in [0.1, 0.15) is 28.8 Å². The first-order valence-electron chi connectivity index (χ1n) is 9.72. The summed E-state index contributed by atoms with van der Waals surface area (Å²) in [6.45, 7) is 5.07. The van der Waals surface area contributed by atoms with Crippen LogP contribution in [0.25, 0.3) is 16.7 Å². The highest BCUT2D eigenvalue weighted by molar-refractivity contribution is 6.04. The third kappa shape index (κ3) is 2.91. The van der Waals surface area contributed by atoms with Gasteiger partial charge in [-0.05, 0) is 37.6 Å². The zero-order valence-electron chi connectivity index (χ0n) is 16.6. The summed E-state index contributed by atoms with van der Waals surface area (Å²) in [4.78, 5) is 27.0. The first-order chi connectivity index (χ1) is 14.7. The number of anilines is 1. The highest BCUT2D eigenvalue weighted by Crippen LogP contribution is 2.26. The van der Waals surface area contributed by atoms with Crippen LogP contribution in [-0.2, 0) is 13.1 Å². The number of nitrogens with zero attached hydrogens (tertiary/aromatic N) is 7. The van der Waals surface area contributed by atoms with Crippen molar-refractivity contribution < 1.29 is 4.79 Å². The summed E-state index contributed by atoms with van der Waals surface area (Å²) in [6.07, 6.45) is 6.97. The lowest BCUT2D eigenvalue weighted by atomic mass is 10.1. The summed E-state index contributed by atoms with van der Waals surface area (Å²) in [7, 11) is 0. The molecule has 0 atom stereocenters. The number of aryl methyl sites for hydroxylation is 1. The fourth-order valence-corrected chi connectivity index (χ4v) is 3.69. The number of carbonyl (C=O) groups is 1. The predicted molar refractivity (Wildman–Crippen MR) is 112 cm³/mol. The second-order valence-electron chi connectivity index (χ2n) is 6.98. The number of nitrogens with one attached hydrogen (secondary N) is 1. The average molecular weight is 400 g/mol. The number of carbonyl (C=O) groups excluding carboxylic acids is 1. The van der Waals surface area contributed by atoms with Gasteiger partial charge in [0, 0.05) is 36.0 Å². The maximum Gasteiger partial charge on any atom is 0.298 e. The molecule has 30 heavy (non-hydrogen) atoms. The Labute approximate surface area is 172 Å². The Morgan fingerprint density at radius 3 is 2.93 bits per heavy atom. The van der Waals surface area contributed by atoms with Crippen molar-refractivity contribution in [2.75, 3.05) is 4.90 Å². The van der Waals surface area contributed by atoms with E-state index >= 15 is 0 Å². The van der Waals surface area contributed by atoms with Gasteiger partial charge in [0.2, 0.25) is 5.82 Å². The fraction of sp³-hybridized carbons (Fsp3) is 0.190. The van der Waals surface area contributed by atoms with E-state index < -0.39 is 0 Å². The number of aromatic nitrogens is 7. The molecule has 9 heteroatoms. The quantitative estimate of drug-likeness (QED) is 0.489. The predicted octanol–water partition coefficient (Wildman–Crippen LogP) is 2.98. The molecule has 1 aromatic carbocycles. The van der Waals surface area contributed by atoms with Crippen LogP contribution in [0.2, 0.25) is 0 Å². The van der Waals surface area contributed by atoms with Gasteiger partial charge in [-0.2, -0.15) is 10.1 Å². The standard InChI is InChI=1S/C21H20N8O/c1-3-28-14(2)18(12-24-28)27(13-15-6-4-7-17-16(15)8-10-22-17)20(30)19-25-21-23-9-5-11-29(21)26-19/h4-12,22H,3,13H2,1-2H3. The lowest BCUT2D eigenvalue weighted by Crippen LogP contribution is -2.32. The monoisotopic (exact) mass is 400 g/mol. The van der Waals surface area contributed by atoms with Crippen molar-refractivity contribution in [2.45, 2.75) is 26.9 Å². The molecule has 0 aliphatic carbocycles. The molecule has 4 heterocycles. The highest BCUT2D eigenvalue weighted by atomic mass is 16.2. The van der Waals surface area contributed by atoms with Crippen molar-refractivity contribution in [3.8, 4) is 0 Å². The molecule has 0 radical (unpaired) electrons. The van der Waals surface area contributed by atoms with Crippen LogP contribution in [0.3, 0.4) is 0 Å². The molecule has 150 valence electrons. The van der Waals surface area contributed by atoms with Gasteiger partial charge < -0.3 is 4.98 Å². The van der Waals surface area contributed by atoms with Gasteiger partial charge in [-0.25, -0.2) is 9.50 Å². The van der Waals surface area contributed by atoms with Gasteiger partial charge in [-0.15, -0.1) is 5.10 Å². The number of fused-ring (bicyclic) bond motifs is 2. The number of aromatic amines is 1. The van der Waals surface area contributed by atoms with Crippen LogP contribution in [0, 0.1) is 6.92 Å².